The quantitative estimate of drug-likeness (QED) is 0.848. The molecule has 1 fully saturated rings. The van der Waals surface area contributed by atoms with Crippen molar-refractivity contribution in [1.82, 2.24) is 9.47 Å². The van der Waals surface area contributed by atoms with E-state index in [2.05, 4.69) is 0 Å². The molecule has 2 N–H and O–H groups in total. The number of amides is 2. The Bertz CT molecular complexity index is 925. The number of hydrogen-bond acceptors (Lipinski definition) is 4. The van der Waals surface area contributed by atoms with Crippen LogP contribution in [0.4, 0.5) is 0 Å². The van der Waals surface area contributed by atoms with Gasteiger partial charge in [-0.3, -0.25) is 9.59 Å². The average molecular weight is 377 g/mol. The second-order valence-electron chi connectivity index (χ2n) is 6.66. The van der Waals surface area contributed by atoms with Crippen LogP contribution in [0.3, 0.4) is 0 Å². The Morgan fingerprint density at radius 3 is 2.35 bits per heavy atom. The maximum atomic E-state index is 12.7. The molecule has 1 aromatic heterocycles. The van der Waals surface area contributed by atoms with Crippen LogP contribution >= 0.6 is 0 Å². The summed E-state index contributed by atoms with van der Waals surface area (Å²) in [6, 6.07) is 6.97. The van der Waals surface area contributed by atoms with Gasteiger partial charge in [0.15, 0.2) is 9.84 Å². The van der Waals surface area contributed by atoms with E-state index in [4.69, 9.17) is 5.73 Å². The Hall–Kier alpha value is -2.35. The van der Waals surface area contributed by atoms with Crippen LogP contribution in [0.1, 0.15) is 25.7 Å². The van der Waals surface area contributed by atoms with E-state index < -0.39 is 21.5 Å². The van der Waals surface area contributed by atoms with E-state index in [0.29, 0.717) is 10.9 Å². The first-order valence-corrected chi connectivity index (χ1v) is 10.4. The highest BCUT2D eigenvalue weighted by atomic mass is 32.2. The van der Waals surface area contributed by atoms with Crippen molar-refractivity contribution >= 4 is 32.6 Å². The summed E-state index contributed by atoms with van der Waals surface area (Å²) in [7, 11) is -3.85. The van der Waals surface area contributed by atoms with Gasteiger partial charge in [0.25, 0.3) is 0 Å². The molecule has 0 aliphatic carbocycles. The molecular formula is C18H23N3O4S. The maximum absolute atomic E-state index is 12.7. The summed E-state index contributed by atoms with van der Waals surface area (Å²) in [5.41, 5.74) is 5.73. The minimum absolute atomic E-state index is 0.0218. The number of hydrogen-bond donors (Lipinski definition) is 1. The Labute approximate surface area is 152 Å². The van der Waals surface area contributed by atoms with Gasteiger partial charge >= 0.3 is 0 Å². The number of rotatable bonds is 5. The van der Waals surface area contributed by atoms with Crippen molar-refractivity contribution in [3.05, 3.63) is 30.5 Å². The fraction of sp³-hybridized carbons (Fsp3) is 0.444. The maximum Gasteiger partial charge on any atom is 0.242 e. The van der Waals surface area contributed by atoms with Gasteiger partial charge in [-0.1, -0.05) is 31.0 Å². The number of fused-ring (bicyclic) bond motifs is 1. The standard InChI is InChI=1S/C18H23N3O4S/c19-17(22)13-26(24,25)16-11-21(15-8-4-3-7-14(15)16)12-18(23)20-9-5-1-2-6-10-20/h3-4,7-8,11H,1-2,5-6,9-10,12-13H2,(H2,19,22). The lowest BCUT2D eigenvalue weighted by atomic mass is 10.2. The monoisotopic (exact) mass is 377 g/mol. The lowest BCUT2D eigenvalue weighted by Gasteiger charge is -2.20. The summed E-state index contributed by atoms with van der Waals surface area (Å²) in [5, 5.41) is 0.498. The number of nitrogens with two attached hydrogens (primary N) is 1. The van der Waals surface area contributed by atoms with Crippen molar-refractivity contribution in [2.24, 2.45) is 5.73 Å². The molecule has 2 aromatic rings. The fourth-order valence-electron chi connectivity index (χ4n) is 3.42. The minimum Gasteiger partial charge on any atom is -0.369 e. The topological polar surface area (TPSA) is 102 Å². The van der Waals surface area contributed by atoms with Crippen molar-refractivity contribution in [1.29, 1.82) is 0 Å². The normalized spacial score (nSPS) is 15.8. The second kappa shape index (κ2) is 7.49. The van der Waals surface area contributed by atoms with Gasteiger partial charge in [-0.15, -0.1) is 0 Å². The van der Waals surface area contributed by atoms with Crippen LogP contribution in [0.25, 0.3) is 10.9 Å². The number of benzene rings is 1. The molecule has 8 heteroatoms. The number of primary amides is 1. The van der Waals surface area contributed by atoms with Crippen LogP contribution in [-0.4, -0.2) is 48.5 Å². The molecule has 2 amide bonds. The Morgan fingerprint density at radius 2 is 1.69 bits per heavy atom. The number of nitrogens with zero attached hydrogens (tertiary/aromatic N) is 2. The summed E-state index contributed by atoms with van der Waals surface area (Å²) in [6.07, 6.45) is 5.70. The zero-order valence-corrected chi connectivity index (χ0v) is 15.4. The van der Waals surface area contributed by atoms with Crippen molar-refractivity contribution in [2.45, 2.75) is 37.1 Å². The van der Waals surface area contributed by atoms with Gasteiger partial charge < -0.3 is 15.2 Å². The summed E-state index contributed by atoms with van der Waals surface area (Å²) in [6.45, 7) is 1.56. The molecule has 0 radical (unpaired) electrons. The van der Waals surface area contributed by atoms with Crippen LogP contribution in [-0.2, 0) is 26.0 Å². The van der Waals surface area contributed by atoms with Gasteiger partial charge in [-0.05, 0) is 18.9 Å². The molecule has 3 rings (SSSR count). The smallest absolute Gasteiger partial charge is 0.242 e. The fourth-order valence-corrected chi connectivity index (χ4v) is 4.75. The first-order valence-electron chi connectivity index (χ1n) is 8.75. The highest BCUT2D eigenvalue weighted by Crippen LogP contribution is 2.26. The highest BCUT2D eigenvalue weighted by Gasteiger charge is 2.24. The molecule has 1 aromatic carbocycles. The third-order valence-corrected chi connectivity index (χ3v) is 6.34. The molecule has 1 aliphatic heterocycles. The summed E-state index contributed by atoms with van der Waals surface area (Å²) in [5.74, 6) is -1.67. The van der Waals surface area contributed by atoms with E-state index >= 15 is 0 Å². The van der Waals surface area contributed by atoms with Gasteiger partial charge in [0.1, 0.15) is 12.3 Å². The molecular weight excluding hydrogens is 354 g/mol. The van der Waals surface area contributed by atoms with Crippen LogP contribution in [0.5, 0.6) is 0 Å². The zero-order valence-electron chi connectivity index (χ0n) is 14.6. The van der Waals surface area contributed by atoms with E-state index in [1.165, 1.54) is 6.20 Å². The van der Waals surface area contributed by atoms with Gasteiger partial charge in [0.05, 0.1) is 4.90 Å². The minimum atomic E-state index is -3.85. The van der Waals surface area contributed by atoms with Crippen molar-refractivity contribution < 1.29 is 18.0 Å². The first-order chi connectivity index (χ1) is 12.4. The lowest BCUT2D eigenvalue weighted by molar-refractivity contribution is -0.131. The van der Waals surface area contributed by atoms with Crippen molar-refractivity contribution in [2.75, 3.05) is 18.8 Å². The molecule has 1 saturated heterocycles. The van der Waals surface area contributed by atoms with Crippen LogP contribution in [0, 0.1) is 0 Å². The molecule has 0 bridgehead atoms. The Balaban J connectivity index is 1.94. The van der Waals surface area contributed by atoms with Gasteiger partial charge in [0, 0.05) is 30.2 Å². The molecule has 2 heterocycles. The lowest BCUT2D eigenvalue weighted by Crippen LogP contribution is -2.34. The van der Waals surface area contributed by atoms with Crippen molar-refractivity contribution in [3.63, 3.8) is 0 Å². The highest BCUT2D eigenvalue weighted by molar-refractivity contribution is 7.92. The molecule has 0 atom stereocenters. The molecule has 0 unspecified atom stereocenters. The molecule has 1 aliphatic rings. The second-order valence-corrected chi connectivity index (χ2v) is 8.62. The van der Waals surface area contributed by atoms with Crippen molar-refractivity contribution in [3.8, 4) is 0 Å². The number of carbonyl (C=O) groups excluding carboxylic acids is 2. The van der Waals surface area contributed by atoms with Gasteiger partial charge in [-0.25, -0.2) is 8.42 Å². The Kier molecular flexibility index (Phi) is 5.31. The van der Waals surface area contributed by atoms with E-state index in [1.807, 2.05) is 4.90 Å². The van der Waals surface area contributed by atoms with Gasteiger partial charge in [0.2, 0.25) is 11.8 Å². The predicted octanol–water partition coefficient (Wildman–Crippen LogP) is 1.30. The zero-order chi connectivity index (χ0) is 18.7. The van der Waals surface area contributed by atoms with Crippen LogP contribution in [0.2, 0.25) is 0 Å². The third kappa shape index (κ3) is 3.90. The van der Waals surface area contributed by atoms with E-state index in [9.17, 15) is 18.0 Å². The first kappa shape index (κ1) is 18.4. The predicted molar refractivity (Wildman–Crippen MR) is 98.2 cm³/mol. The molecule has 7 nitrogen and oxygen atoms in total. The van der Waals surface area contributed by atoms with Gasteiger partial charge in [-0.2, -0.15) is 0 Å². The Morgan fingerprint density at radius 1 is 1.04 bits per heavy atom. The van der Waals surface area contributed by atoms with Crippen LogP contribution < -0.4 is 5.73 Å². The van der Waals surface area contributed by atoms with Crippen LogP contribution in [0.15, 0.2) is 35.4 Å². The molecule has 26 heavy (non-hydrogen) atoms. The number of para-hydroxylation sites is 1. The average Bonchev–Trinajstić information content (AvgIpc) is 2.77. The number of carbonyl (C=O) groups is 2. The SMILES string of the molecule is NC(=O)CS(=O)(=O)c1cn(CC(=O)N2CCCCCC2)c2ccccc12. The number of sulfone groups is 1. The number of likely N-dealkylation sites (tertiary alicyclic amines) is 1. The summed E-state index contributed by atoms with van der Waals surface area (Å²) in [4.78, 5) is 25.7. The molecule has 0 saturated carbocycles. The largest absolute Gasteiger partial charge is 0.369 e. The number of aromatic nitrogens is 1. The molecule has 0 spiro atoms. The van der Waals surface area contributed by atoms with E-state index in [1.54, 1.807) is 28.8 Å². The third-order valence-electron chi connectivity index (χ3n) is 4.68. The van der Waals surface area contributed by atoms with E-state index in [-0.39, 0.29) is 17.3 Å². The van der Waals surface area contributed by atoms with E-state index in [0.717, 1.165) is 38.8 Å². The summed E-state index contributed by atoms with van der Waals surface area (Å²) >= 11 is 0. The molecule has 140 valence electrons. The summed E-state index contributed by atoms with van der Waals surface area (Å²) < 4.78 is 26.6.